The van der Waals surface area contributed by atoms with E-state index in [9.17, 15) is 14.7 Å². The molecule has 3 heterocycles. The first-order valence-electron chi connectivity index (χ1n) is 7.65. The molecule has 3 rings (SSSR count). The summed E-state index contributed by atoms with van der Waals surface area (Å²) in [5, 5.41) is 12.5. The molecule has 2 N–H and O–H groups in total. The third kappa shape index (κ3) is 3.50. The van der Waals surface area contributed by atoms with E-state index in [2.05, 4.69) is 20.3 Å². The molecule has 126 valence electrons. The number of aromatic carboxylic acids is 1. The van der Waals surface area contributed by atoms with Gasteiger partial charge in [-0.05, 0) is 12.8 Å². The number of amides is 1. The van der Waals surface area contributed by atoms with Crippen molar-refractivity contribution in [2.24, 2.45) is 0 Å². The minimum atomic E-state index is -1.12. The van der Waals surface area contributed by atoms with Crippen LogP contribution in [-0.4, -0.2) is 60.5 Å². The van der Waals surface area contributed by atoms with Gasteiger partial charge in [-0.25, -0.2) is 14.8 Å². The van der Waals surface area contributed by atoms with Gasteiger partial charge in [-0.15, -0.1) is 0 Å². The van der Waals surface area contributed by atoms with Crippen molar-refractivity contribution >= 4 is 17.7 Å². The van der Waals surface area contributed by atoms with Gasteiger partial charge in [0.15, 0.2) is 5.69 Å². The number of imidazole rings is 1. The fraction of sp³-hybridized carbons (Fsp3) is 0.400. The van der Waals surface area contributed by atoms with E-state index < -0.39 is 5.97 Å². The van der Waals surface area contributed by atoms with Crippen LogP contribution >= 0.6 is 0 Å². The number of rotatable bonds is 4. The van der Waals surface area contributed by atoms with Crippen molar-refractivity contribution in [3.8, 4) is 5.95 Å². The lowest BCUT2D eigenvalue weighted by Gasteiger charge is -2.32. The Morgan fingerprint density at radius 3 is 2.62 bits per heavy atom. The number of aromatic nitrogens is 4. The lowest BCUT2D eigenvalue weighted by atomic mass is 10.1. The number of likely N-dealkylation sites (tertiary alicyclic amines) is 1. The van der Waals surface area contributed by atoms with Crippen LogP contribution in [0.5, 0.6) is 0 Å². The Morgan fingerprint density at radius 2 is 2.04 bits per heavy atom. The molecule has 0 spiro atoms. The summed E-state index contributed by atoms with van der Waals surface area (Å²) >= 11 is 0. The molecular formula is C15H18N6O3. The van der Waals surface area contributed by atoms with Crippen LogP contribution in [0.25, 0.3) is 5.95 Å². The molecular weight excluding hydrogens is 312 g/mol. The fourth-order valence-corrected chi connectivity index (χ4v) is 2.66. The highest BCUT2D eigenvalue weighted by molar-refractivity contribution is 5.86. The van der Waals surface area contributed by atoms with Crippen LogP contribution in [0.2, 0.25) is 0 Å². The maximum Gasteiger partial charge on any atom is 0.354 e. The zero-order chi connectivity index (χ0) is 17.1. The van der Waals surface area contributed by atoms with Crippen LogP contribution in [-0.2, 0) is 4.79 Å². The van der Waals surface area contributed by atoms with Gasteiger partial charge in [0.05, 0.1) is 0 Å². The first-order valence-corrected chi connectivity index (χ1v) is 7.65. The normalized spacial score (nSPS) is 15.3. The highest BCUT2D eigenvalue weighted by Crippen LogP contribution is 2.17. The third-order valence-electron chi connectivity index (χ3n) is 3.96. The second-order valence-electron chi connectivity index (χ2n) is 5.64. The molecule has 0 aromatic carbocycles. The summed E-state index contributed by atoms with van der Waals surface area (Å²) in [6, 6.07) is 1.55. The van der Waals surface area contributed by atoms with Crippen LogP contribution < -0.4 is 5.32 Å². The molecule has 1 saturated heterocycles. The summed E-state index contributed by atoms with van der Waals surface area (Å²) in [4.78, 5) is 36.8. The highest BCUT2D eigenvalue weighted by Gasteiger charge is 2.21. The van der Waals surface area contributed by atoms with Crippen molar-refractivity contribution in [2.75, 3.05) is 18.4 Å². The molecule has 0 aliphatic carbocycles. The smallest absolute Gasteiger partial charge is 0.354 e. The van der Waals surface area contributed by atoms with E-state index in [1.54, 1.807) is 28.8 Å². The third-order valence-corrected chi connectivity index (χ3v) is 3.96. The van der Waals surface area contributed by atoms with E-state index in [0.29, 0.717) is 18.9 Å². The Hall–Kier alpha value is -2.97. The number of nitrogens with one attached hydrogen (secondary N) is 1. The second-order valence-corrected chi connectivity index (χ2v) is 5.64. The number of anilines is 1. The number of hydrogen-bond donors (Lipinski definition) is 2. The summed E-state index contributed by atoms with van der Waals surface area (Å²) in [6.07, 6.45) is 6.30. The van der Waals surface area contributed by atoms with Crippen LogP contribution in [0.4, 0.5) is 5.82 Å². The first-order chi connectivity index (χ1) is 11.5. The molecule has 0 unspecified atom stereocenters. The number of nitrogens with zero attached hydrogens (tertiary/aromatic N) is 5. The fourth-order valence-electron chi connectivity index (χ4n) is 2.66. The summed E-state index contributed by atoms with van der Waals surface area (Å²) in [7, 11) is 0. The van der Waals surface area contributed by atoms with Crippen molar-refractivity contribution in [1.29, 1.82) is 0 Å². The Labute approximate surface area is 138 Å². The van der Waals surface area contributed by atoms with Crippen LogP contribution in [0.1, 0.15) is 30.3 Å². The van der Waals surface area contributed by atoms with Crippen molar-refractivity contribution in [1.82, 2.24) is 24.4 Å². The van der Waals surface area contributed by atoms with Crippen molar-refractivity contribution in [3.05, 3.63) is 30.5 Å². The van der Waals surface area contributed by atoms with Gasteiger partial charge in [0.2, 0.25) is 11.9 Å². The molecule has 2 aromatic heterocycles. The van der Waals surface area contributed by atoms with Crippen LogP contribution in [0, 0.1) is 0 Å². The van der Waals surface area contributed by atoms with Gasteiger partial charge < -0.3 is 15.3 Å². The molecule has 1 aliphatic rings. The predicted octanol–water partition coefficient (Wildman–Crippen LogP) is 0.783. The van der Waals surface area contributed by atoms with Gasteiger partial charge in [0.25, 0.3) is 0 Å². The minimum Gasteiger partial charge on any atom is -0.477 e. The number of hydrogen-bond acceptors (Lipinski definition) is 6. The van der Waals surface area contributed by atoms with E-state index in [1.807, 2.05) is 0 Å². The molecule has 1 fully saturated rings. The van der Waals surface area contributed by atoms with E-state index in [4.69, 9.17) is 0 Å². The zero-order valence-electron chi connectivity index (χ0n) is 13.2. The quantitative estimate of drug-likeness (QED) is 0.851. The average Bonchev–Trinajstić information content (AvgIpc) is 3.09. The highest BCUT2D eigenvalue weighted by atomic mass is 16.4. The zero-order valence-corrected chi connectivity index (χ0v) is 13.2. The molecule has 0 atom stereocenters. The summed E-state index contributed by atoms with van der Waals surface area (Å²) < 4.78 is 1.55. The first kappa shape index (κ1) is 15.9. The largest absolute Gasteiger partial charge is 0.477 e. The molecule has 2 aromatic rings. The van der Waals surface area contributed by atoms with Crippen LogP contribution in [0.3, 0.4) is 0 Å². The summed E-state index contributed by atoms with van der Waals surface area (Å²) in [5.41, 5.74) is -0.0858. The molecule has 9 nitrogen and oxygen atoms in total. The molecule has 0 radical (unpaired) electrons. The standard InChI is InChI=1S/C15H18N6O3/c1-10(22)20-5-2-11(3-6-20)17-13-8-12(14(23)24)18-15(19-13)21-7-4-16-9-21/h4,7-9,11H,2-3,5-6H2,1H3,(H,23,24)(H,17,18,19). The Bertz CT molecular complexity index is 738. The number of carboxylic acid groups (broad SMARTS) is 1. The van der Waals surface area contributed by atoms with Gasteiger partial charge in [0.1, 0.15) is 12.1 Å². The molecule has 0 bridgehead atoms. The minimum absolute atomic E-state index is 0.0750. The van der Waals surface area contributed by atoms with E-state index in [0.717, 1.165) is 12.8 Å². The maximum atomic E-state index is 11.4. The van der Waals surface area contributed by atoms with Gasteiger partial charge in [-0.1, -0.05) is 0 Å². The summed E-state index contributed by atoms with van der Waals surface area (Å²) in [6.45, 7) is 2.92. The number of carbonyl (C=O) groups is 2. The van der Waals surface area contributed by atoms with Gasteiger partial charge >= 0.3 is 5.97 Å². The van der Waals surface area contributed by atoms with Crippen molar-refractivity contribution < 1.29 is 14.7 Å². The lowest BCUT2D eigenvalue weighted by molar-refractivity contribution is -0.129. The Morgan fingerprint density at radius 1 is 1.29 bits per heavy atom. The molecule has 1 amide bonds. The van der Waals surface area contributed by atoms with E-state index in [1.165, 1.54) is 12.4 Å². The topological polar surface area (TPSA) is 113 Å². The van der Waals surface area contributed by atoms with Gasteiger partial charge in [0, 0.05) is 44.5 Å². The summed E-state index contributed by atoms with van der Waals surface area (Å²) in [5.74, 6) is -0.345. The van der Waals surface area contributed by atoms with Gasteiger partial charge in [-0.3, -0.25) is 9.36 Å². The number of carbonyl (C=O) groups excluding carboxylic acids is 1. The van der Waals surface area contributed by atoms with Gasteiger partial charge in [-0.2, -0.15) is 4.98 Å². The van der Waals surface area contributed by atoms with Crippen molar-refractivity contribution in [2.45, 2.75) is 25.8 Å². The number of piperidine rings is 1. The predicted molar refractivity (Wildman–Crippen MR) is 85.0 cm³/mol. The van der Waals surface area contributed by atoms with E-state index in [-0.39, 0.29) is 23.6 Å². The Kier molecular flexibility index (Phi) is 4.41. The molecule has 9 heteroatoms. The molecule has 0 saturated carbocycles. The van der Waals surface area contributed by atoms with Crippen molar-refractivity contribution in [3.63, 3.8) is 0 Å². The lowest BCUT2D eigenvalue weighted by Crippen LogP contribution is -2.41. The van der Waals surface area contributed by atoms with Crippen LogP contribution in [0.15, 0.2) is 24.8 Å². The average molecular weight is 330 g/mol. The Balaban J connectivity index is 1.78. The van der Waals surface area contributed by atoms with E-state index >= 15 is 0 Å². The molecule has 1 aliphatic heterocycles. The maximum absolute atomic E-state index is 11.4. The molecule has 24 heavy (non-hydrogen) atoms. The second kappa shape index (κ2) is 6.65. The monoisotopic (exact) mass is 330 g/mol. The SMILES string of the molecule is CC(=O)N1CCC(Nc2cc(C(=O)O)nc(-n3ccnc3)n2)CC1. The number of carboxylic acids is 1.